The van der Waals surface area contributed by atoms with Gasteiger partial charge in [-0.25, -0.2) is 4.98 Å². The Bertz CT molecular complexity index is 1080. The van der Waals surface area contributed by atoms with Crippen LogP contribution >= 0.6 is 0 Å². The number of fused-ring (bicyclic) bond motifs is 1. The quantitative estimate of drug-likeness (QED) is 0.677. The second-order valence-corrected chi connectivity index (χ2v) is 7.69. The SMILES string of the molecule is COc1ccc(CN2CCc3nc(-c4ccncc4)[nH]c(=O)c3C2)cc1OC(C)C. The molecule has 0 fully saturated rings. The van der Waals surface area contributed by atoms with Crippen molar-refractivity contribution in [1.29, 1.82) is 0 Å². The van der Waals surface area contributed by atoms with E-state index in [4.69, 9.17) is 14.5 Å². The largest absolute Gasteiger partial charge is 0.493 e. The van der Waals surface area contributed by atoms with Crippen molar-refractivity contribution >= 4 is 0 Å². The number of benzene rings is 1. The van der Waals surface area contributed by atoms with Gasteiger partial charge in [-0.1, -0.05) is 6.07 Å². The smallest absolute Gasteiger partial charge is 0.255 e. The first-order valence-electron chi connectivity index (χ1n) is 10.1. The van der Waals surface area contributed by atoms with Crippen LogP contribution in [0.5, 0.6) is 11.5 Å². The minimum Gasteiger partial charge on any atom is -0.493 e. The van der Waals surface area contributed by atoms with Crippen LogP contribution in [-0.2, 0) is 19.5 Å². The van der Waals surface area contributed by atoms with Gasteiger partial charge in [0.05, 0.1) is 24.5 Å². The summed E-state index contributed by atoms with van der Waals surface area (Å²) in [6.07, 6.45) is 4.20. The molecule has 0 radical (unpaired) electrons. The molecule has 0 amide bonds. The van der Waals surface area contributed by atoms with Crippen molar-refractivity contribution in [3.05, 3.63) is 69.9 Å². The molecule has 7 heteroatoms. The van der Waals surface area contributed by atoms with E-state index in [1.807, 2.05) is 44.2 Å². The topological polar surface area (TPSA) is 80.3 Å². The van der Waals surface area contributed by atoms with Crippen LogP contribution in [0.1, 0.15) is 30.7 Å². The van der Waals surface area contributed by atoms with Crippen molar-refractivity contribution in [3.63, 3.8) is 0 Å². The van der Waals surface area contributed by atoms with Crippen molar-refractivity contribution in [1.82, 2.24) is 19.9 Å². The third kappa shape index (κ3) is 4.36. The van der Waals surface area contributed by atoms with E-state index in [1.54, 1.807) is 19.5 Å². The molecular formula is C23H26N4O3. The summed E-state index contributed by atoms with van der Waals surface area (Å²) in [5, 5.41) is 0. The van der Waals surface area contributed by atoms with E-state index in [0.29, 0.717) is 12.4 Å². The van der Waals surface area contributed by atoms with Gasteiger partial charge in [0.1, 0.15) is 5.82 Å². The summed E-state index contributed by atoms with van der Waals surface area (Å²) in [5.74, 6) is 2.06. The number of ether oxygens (including phenoxy) is 2. The number of pyridine rings is 1. The van der Waals surface area contributed by atoms with Gasteiger partial charge in [-0.2, -0.15) is 0 Å². The molecule has 2 aromatic heterocycles. The number of nitrogens with zero attached hydrogens (tertiary/aromatic N) is 3. The molecule has 1 aliphatic heterocycles. The van der Waals surface area contributed by atoms with Crippen molar-refractivity contribution in [2.24, 2.45) is 0 Å². The number of nitrogens with one attached hydrogen (secondary N) is 1. The van der Waals surface area contributed by atoms with Gasteiger partial charge in [-0.3, -0.25) is 14.7 Å². The van der Waals surface area contributed by atoms with Gasteiger partial charge in [0.2, 0.25) is 0 Å². The Kier molecular flexibility index (Phi) is 5.81. The Balaban J connectivity index is 1.53. The Hall–Kier alpha value is -3.19. The average Bonchev–Trinajstić information content (AvgIpc) is 2.74. The maximum atomic E-state index is 12.7. The van der Waals surface area contributed by atoms with Gasteiger partial charge in [-0.15, -0.1) is 0 Å². The summed E-state index contributed by atoms with van der Waals surface area (Å²) in [4.78, 5) is 26.6. The lowest BCUT2D eigenvalue weighted by Crippen LogP contribution is -2.35. The van der Waals surface area contributed by atoms with Crippen LogP contribution in [0.25, 0.3) is 11.4 Å². The molecule has 0 unspecified atom stereocenters. The average molecular weight is 406 g/mol. The standard InChI is InChI=1S/C23H26N4O3/c1-15(2)30-21-12-16(4-5-20(21)29-3)13-27-11-8-19-18(14-27)23(28)26-22(25-19)17-6-9-24-10-7-17/h4-7,9-10,12,15H,8,11,13-14H2,1-3H3,(H,25,26,28). The summed E-state index contributed by atoms with van der Waals surface area (Å²) < 4.78 is 11.3. The van der Waals surface area contributed by atoms with Crippen molar-refractivity contribution in [2.45, 2.75) is 39.5 Å². The van der Waals surface area contributed by atoms with Crippen molar-refractivity contribution < 1.29 is 9.47 Å². The second-order valence-electron chi connectivity index (χ2n) is 7.69. The molecule has 0 aliphatic carbocycles. The molecule has 0 bridgehead atoms. The maximum Gasteiger partial charge on any atom is 0.255 e. The first kappa shape index (κ1) is 20.1. The van der Waals surface area contributed by atoms with E-state index in [2.05, 4.69) is 14.9 Å². The number of H-pyrrole nitrogens is 1. The highest BCUT2D eigenvalue weighted by Crippen LogP contribution is 2.30. The second kappa shape index (κ2) is 8.67. The lowest BCUT2D eigenvalue weighted by atomic mass is 10.1. The van der Waals surface area contributed by atoms with E-state index in [1.165, 1.54) is 0 Å². The Morgan fingerprint density at radius 2 is 1.97 bits per heavy atom. The molecule has 0 spiro atoms. The first-order valence-corrected chi connectivity index (χ1v) is 10.1. The normalized spacial score (nSPS) is 13.9. The van der Waals surface area contributed by atoms with Crippen LogP contribution in [0.2, 0.25) is 0 Å². The summed E-state index contributed by atoms with van der Waals surface area (Å²) in [6.45, 7) is 6.12. The number of hydrogen-bond acceptors (Lipinski definition) is 6. The lowest BCUT2D eigenvalue weighted by Gasteiger charge is -2.28. The van der Waals surface area contributed by atoms with Gasteiger partial charge in [0.15, 0.2) is 11.5 Å². The van der Waals surface area contributed by atoms with Crippen LogP contribution in [0, 0.1) is 0 Å². The van der Waals surface area contributed by atoms with Crippen molar-refractivity contribution in [3.8, 4) is 22.9 Å². The molecule has 1 N–H and O–H groups in total. The predicted molar refractivity (Wildman–Crippen MR) is 115 cm³/mol. The number of rotatable bonds is 6. The molecule has 4 rings (SSSR count). The van der Waals surface area contributed by atoms with Crippen LogP contribution in [0.15, 0.2) is 47.5 Å². The molecule has 0 saturated heterocycles. The Morgan fingerprint density at radius 1 is 1.17 bits per heavy atom. The number of aromatic nitrogens is 3. The molecule has 7 nitrogen and oxygen atoms in total. The van der Waals surface area contributed by atoms with Crippen molar-refractivity contribution in [2.75, 3.05) is 13.7 Å². The van der Waals surface area contributed by atoms with Crippen LogP contribution in [0.3, 0.4) is 0 Å². The summed E-state index contributed by atoms with van der Waals surface area (Å²) >= 11 is 0. The van der Waals surface area contributed by atoms with Gasteiger partial charge in [0.25, 0.3) is 5.56 Å². The molecule has 0 saturated carbocycles. The summed E-state index contributed by atoms with van der Waals surface area (Å²) in [7, 11) is 1.64. The van der Waals surface area contributed by atoms with E-state index in [9.17, 15) is 4.79 Å². The number of methoxy groups -OCH3 is 1. The van der Waals surface area contributed by atoms with Gasteiger partial charge >= 0.3 is 0 Å². The minimum atomic E-state index is -0.0740. The van der Waals surface area contributed by atoms with E-state index in [0.717, 1.165) is 53.4 Å². The van der Waals surface area contributed by atoms with E-state index >= 15 is 0 Å². The van der Waals surface area contributed by atoms with Crippen LogP contribution < -0.4 is 15.0 Å². The van der Waals surface area contributed by atoms with Gasteiger partial charge in [-0.05, 0) is 43.7 Å². The lowest BCUT2D eigenvalue weighted by molar-refractivity contribution is 0.226. The Labute approximate surface area is 175 Å². The molecule has 1 aliphatic rings. The number of aromatic amines is 1. The van der Waals surface area contributed by atoms with Gasteiger partial charge in [0, 0.05) is 44.0 Å². The monoisotopic (exact) mass is 406 g/mol. The highest BCUT2D eigenvalue weighted by Gasteiger charge is 2.22. The molecule has 30 heavy (non-hydrogen) atoms. The van der Waals surface area contributed by atoms with Crippen LogP contribution in [0.4, 0.5) is 0 Å². The summed E-state index contributed by atoms with van der Waals surface area (Å²) in [5.41, 5.74) is 3.53. The molecule has 3 heterocycles. The fourth-order valence-corrected chi connectivity index (χ4v) is 3.69. The Morgan fingerprint density at radius 3 is 2.70 bits per heavy atom. The summed E-state index contributed by atoms with van der Waals surface area (Å²) in [6, 6.07) is 9.68. The zero-order chi connectivity index (χ0) is 21.1. The zero-order valence-corrected chi connectivity index (χ0v) is 17.5. The fraction of sp³-hybridized carbons (Fsp3) is 0.348. The minimum absolute atomic E-state index is 0.0650. The molecule has 3 aromatic rings. The number of hydrogen-bond donors (Lipinski definition) is 1. The van der Waals surface area contributed by atoms with Crippen LogP contribution in [-0.4, -0.2) is 39.6 Å². The molecular weight excluding hydrogens is 380 g/mol. The van der Waals surface area contributed by atoms with Gasteiger partial charge < -0.3 is 14.5 Å². The highest BCUT2D eigenvalue weighted by molar-refractivity contribution is 5.54. The molecule has 1 aromatic carbocycles. The van der Waals surface area contributed by atoms with E-state index in [-0.39, 0.29) is 11.7 Å². The fourth-order valence-electron chi connectivity index (χ4n) is 3.69. The molecule has 156 valence electrons. The zero-order valence-electron chi connectivity index (χ0n) is 17.5. The third-order valence-corrected chi connectivity index (χ3v) is 5.10. The molecule has 0 atom stereocenters. The maximum absolute atomic E-state index is 12.7. The highest BCUT2D eigenvalue weighted by atomic mass is 16.5. The third-order valence-electron chi connectivity index (χ3n) is 5.10. The van der Waals surface area contributed by atoms with E-state index < -0.39 is 0 Å². The first-order chi connectivity index (χ1) is 14.5. The predicted octanol–water partition coefficient (Wildman–Crippen LogP) is 3.19.